The average Bonchev–Trinajstić information content (AvgIpc) is 2.34. The average molecular weight is 259 g/mol. The minimum Gasteiger partial charge on any atom is -0.496 e. The molecule has 0 spiro atoms. The maximum absolute atomic E-state index is 11.6. The van der Waals surface area contributed by atoms with Gasteiger partial charge in [0.05, 0.1) is 18.7 Å². The van der Waals surface area contributed by atoms with Crippen LogP contribution >= 0.6 is 0 Å². The fourth-order valence-electron chi connectivity index (χ4n) is 1.41. The molecule has 1 rings (SSSR count). The molecular weight excluding hydrogens is 242 g/mol. The van der Waals surface area contributed by atoms with Gasteiger partial charge < -0.3 is 9.47 Å². The second-order valence-corrected chi connectivity index (χ2v) is 4.94. The number of nitrogens with zero attached hydrogens (tertiary/aromatic N) is 1. The number of hydrogen-bond donors (Lipinski definition) is 0. The number of rotatable bonds is 3. The van der Waals surface area contributed by atoms with E-state index in [1.165, 1.54) is 13.2 Å². The largest absolute Gasteiger partial charge is 0.496 e. The van der Waals surface area contributed by atoms with Gasteiger partial charge in [-0.05, 0) is 45.0 Å². The highest BCUT2D eigenvalue weighted by Gasteiger charge is 2.14. The van der Waals surface area contributed by atoms with Crippen LogP contribution in [0.4, 0.5) is 0 Å². The third-order valence-corrected chi connectivity index (χ3v) is 2.17. The Labute approximate surface area is 113 Å². The zero-order valence-corrected chi connectivity index (χ0v) is 11.6. The first-order valence-electron chi connectivity index (χ1n) is 5.85. The van der Waals surface area contributed by atoms with Crippen molar-refractivity contribution in [3.63, 3.8) is 0 Å². The molecule has 0 aliphatic rings. The Balaban J connectivity index is 2.88. The summed E-state index contributed by atoms with van der Waals surface area (Å²) in [6, 6.07) is 7.03. The van der Waals surface area contributed by atoms with Crippen LogP contribution in [0.5, 0.6) is 5.75 Å². The molecule has 0 aliphatic carbocycles. The number of carbonyl (C=O) groups is 1. The predicted octanol–water partition coefficient (Wildman–Crippen LogP) is 2.92. The van der Waals surface area contributed by atoms with Crippen molar-refractivity contribution in [1.82, 2.24) is 0 Å². The summed E-state index contributed by atoms with van der Waals surface area (Å²) in [7, 11) is 1.52. The van der Waals surface area contributed by atoms with Gasteiger partial charge in [0.25, 0.3) is 0 Å². The first kappa shape index (κ1) is 14.8. The normalized spacial score (nSPS) is 11.1. The van der Waals surface area contributed by atoms with Gasteiger partial charge in [0.2, 0.25) is 0 Å². The number of nitriles is 1. The van der Waals surface area contributed by atoms with Crippen molar-refractivity contribution >= 4 is 12.0 Å². The Bertz CT molecular complexity index is 533. The van der Waals surface area contributed by atoms with E-state index in [-0.39, 0.29) is 0 Å². The molecule has 1 aromatic rings. The molecule has 0 N–H and O–H groups in total. The molecule has 0 aromatic heterocycles. The van der Waals surface area contributed by atoms with Crippen molar-refractivity contribution in [3.05, 3.63) is 35.4 Å². The van der Waals surface area contributed by atoms with Crippen molar-refractivity contribution in [3.8, 4) is 11.8 Å². The number of benzene rings is 1. The van der Waals surface area contributed by atoms with Crippen LogP contribution in [0.15, 0.2) is 24.3 Å². The molecule has 0 fully saturated rings. The molecule has 19 heavy (non-hydrogen) atoms. The van der Waals surface area contributed by atoms with Gasteiger partial charge in [-0.3, -0.25) is 0 Å². The number of esters is 1. The van der Waals surface area contributed by atoms with Gasteiger partial charge in [-0.25, -0.2) is 4.79 Å². The molecule has 0 bridgehead atoms. The van der Waals surface area contributed by atoms with Crippen molar-refractivity contribution in [1.29, 1.82) is 5.26 Å². The van der Waals surface area contributed by atoms with Gasteiger partial charge in [0.1, 0.15) is 11.4 Å². The summed E-state index contributed by atoms with van der Waals surface area (Å²) in [6.07, 6.45) is 2.95. The molecule has 0 saturated carbocycles. The highest BCUT2D eigenvalue weighted by molar-refractivity contribution is 5.87. The van der Waals surface area contributed by atoms with E-state index in [0.717, 1.165) is 0 Å². The molecule has 0 atom stereocenters. The zero-order chi connectivity index (χ0) is 14.5. The standard InChI is InChI=1S/C15H17NO3/c1-15(2,3)19-14(17)8-7-12-6-5-11(10-16)9-13(12)18-4/h5-9H,1-4H3/b8-7+. The molecule has 4 nitrogen and oxygen atoms in total. The lowest BCUT2D eigenvalue weighted by molar-refractivity contribution is -0.148. The smallest absolute Gasteiger partial charge is 0.331 e. The number of carbonyl (C=O) groups excluding carboxylic acids is 1. The summed E-state index contributed by atoms with van der Waals surface area (Å²) in [4.78, 5) is 11.6. The fourth-order valence-corrected chi connectivity index (χ4v) is 1.41. The molecule has 100 valence electrons. The molecule has 0 unspecified atom stereocenters. The summed E-state index contributed by atoms with van der Waals surface area (Å²) in [5.74, 6) is 0.123. The summed E-state index contributed by atoms with van der Waals surface area (Å²) in [5.41, 5.74) is 0.703. The van der Waals surface area contributed by atoms with Gasteiger partial charge in [-0.1, -0.05) is 0 Å². The Kier molecular flexibility index (Phi) is 4.71. The predicted molar refractivity (Wildman–Crippen MR) is 72.6 cm³/mol. The van der Waals surface area contributed by atoms with Crippen LogP contribution in [-0.2, 0) is 9.53 Å². The van der Waals surface area contributed by atoms with Crippen molar-refractivity contribution in [2.75, 3.05) is 7.11 Å². The van der Waals surface area contributed by atoms with Gasteiger partial charge in [0, 0.05) is 11.6 Å². The Morgan fingerprint density at radius 3 is 2.58 bits per heavy atom. The van der Waals surface area contributed by atoms with E-state index >= 15 is 0 Å². The van der Waals surface area contributed by atoms with Crippen LogP contribution in [0.1, 0.15) is 31.9 Å². The van der Waals surface area contributed by atoms with E-state index in [9.17, 15) is 4.79 Å². The van der Waals surface area contributed by atoms with Crippen molar-refractivity contribution in [2.24, 2.45) is 0 Å². The Morgan fingerprint density at radius 1 is 1.37 bits per heavy atom. The topological polar surface area (TPSA) is 59.3 Å². The third kappa shape index (κ3) is 4.84. The van der Waals surface area contributed by atoms with Gasteiger partial charge >= 0.3 is 5.97 Å². The molecule has 0 aliphatic heterocycles. The minimum absolute atomic E-state index is 0.418. The molecule has 1 aromatic carbocycles. The lowest BCUT2D eigenvalue weighted by atomic mass is 10.1. The lowest BCUT2D eigenvalue weighted by Gasteiger charge is -2.17. The Hall–Kier alpha value is -2.28. The van der Waals surface area contributed by atoms with Crippen LogP contribution in [0.25, 0.3) is 6.08 Å². The molecule has 0 radical (unpaired) electrons. The second kappa shape index (κ2) is 6.05. The first-order valence-corrected chi connectivity index (χ1v) is 5.85. The molecule has 0 heterocycles. The monoisotopic (exact) mass is 259 g/mol. The van der Waals surface area contributed by atoms with Gasteiger partial charge in [-0.2, -0.15) is 5.26 Å². The van der Waals surface area contributed by atoms with Crippen LogP contribution in [0.2, 0.25) is 0 Å². The van der Waals surface area contributed by atoms with E-state index in [1.807, 2.05) is 6.07 Å². The van der Waals surface area contributed by atoms with Crippen LogP contribution in [0.3, 0.4) is 0 Å². The maximum Gasteiger partial charge on any atom is 0.331 e. The van der Waals surface area contributed by atoms with E-state index in [4.69, 9.17) is 14.7 Å². The summed E-state index contributed by atoms with van der Waals surface area (Å²) in [6.45, 7) is 5.42. The zero-order valence-electron chi connectivity index (χ0n) is 11.6. The van der Waals surface area contributed by atoms with E-state index < -0.39 is 11.6 Å². The molecule has 0 saturated heterocycles. The van der Waals surface area contributed by atoms with E-state index in [1.54, 1.807) is 45.0 Å². The van der Waals surface area contributed by atoms with Gasteiger partial charge in [0.15, 0.2) is 0 Å². The highest BCUT2D eigenvalue weighted by atomic mass is 16.6. The number of methoxy groups -OCH3 is 1. The first-order chi connectivity index (χ1) is 8.85. The SMILES string of the molecule is COc1cc(C#N)ccc1/C=C/C(=O)OC(C)(C)C. The molecule has 4 heteroatoms. The number of ether oxygens (including phenoxy) is 2. The van der Waals surface area contributed by atoms with Crippen molar-refractivity contribution in [2.45, 2.75) is 26.4 Å². The maximum atomic E-state index is 11.6. The highest BCUT2D eigenvalue weighted by Crippen LogP contribution is 2.21. The van der Waals surface area contributed by atoms with Crippen molar-refractivity contribution < 1.29 is 14.3 Å². The quantitative estimate of drug-likeness (QED) is 0.618. The lowest BCUT2D eigenvalue weighted by Crippen LogP contribution is -2.22. The molecule has 0 amide bonds. The van der Waals surface area contributed by atoms with Crippen LogP contribution < -0.4 is 4.74 Å². The van der Waals surface area contributed by atoms with Crippen LogP contribution in [0, 0.1) is 11.3 Å². The summed E-state index contributed by atoms with van der Waals surface area (Å²) < 4.78 is 10.3. The third-order valence-electron chi connectivity index (χ3n) is 2.17. The summed E-state index contributed by atoms with van der Waals surface area (Å²) >= 11 is 0. The Morgan fingerprint density at radius 2 is 2.05 bits per heavy atom. The minimum atomic E-state index is -0.518. The van der Waals surface area contributed by atoms with E-state index in [2.05, 4.69) is 0 Å². The van der Waals surface area contributed by atoms with Gasteiger partial charge in [-0.15, -0.1) is 0 Å². The molecular formula is C15H17NO3. The van der Waals surface area contributed by atoms with E-state index in [0.29, 0.717) is 16.9 Å². The fraction of sp³-hybridized carbons (Fsp3) is 0.333. The summed E-state index contributed by atoms with van der Waals surface area (Å²) in [5, 5.41) is 8.80. The second-order valence-electron chi connectivity index (χ2n) is 4.94. The van der Waals surface area contributed by atoms with Crippen LogP contribution in [-0.4, -0.2) is 18.7 Å². The number of hydrogen-bond acceptors (Lipinski definition) is 4.